The number of aromatic nitrogens is 2. The molecule has 0 aromatic carbocycles. The van der Waals surface area contributed by atoms with Gasteiger partial charge in [0.2, 0.25) is 5.88 Å². The Morgan fingerprint density at radius 1 is 1.47 bits per heavy atom. The van der Waals surface area contributed by atoms with Crippen LogP contribution in [0.25, 0.3) is 5.13 Å². The summed E-state index contributed by atoms with van der Waals surface area (Å²) in [6.07, 6.45) is 3.75. The Labute approximate surface area is 91.1 Å². The summed E-state index contributed by atoms with van der Waals surface area (Å²) >= 11 is 1.33. The lowest BCUT2D eigenvalue weighted by atomic mass is 10.4. The van der Waals surface area contributed by atoms with Gasteiger partial charge >= 0.3 is 0 Å². The van der Waals surface area contributed by atoms with E-state index in [2.05, 4.69) is 4.98 Å². The van der Waals surface area contributed by atoms with Crippen molar-refractivity contribution in [1.29, 1.82) is 0 Å². The molecule has 0 aliphatic heterocycles. The first-order valence-corrected chi connectivity index (χ1v) is 5.23. The second-order valence-corrected chi connectivity index (χ2v) is 3.96. The monoisotopic (exact) mass is 222 g/mol. The first-order chi connectivity index (χ1) is 7.22. The molecule has 0 aliphatic rings. The minimum Gasteiger partial charge on any atom is -0.480 e. The molecule has 78 valence electrons. The zero-order valence-corrected chi connectivity index (χ0v) is 9.25. The van der Waals surface area contributed by atoms with Crippen molar-refractivity contribution in [3.8, 4) is 11.0 Å². The number of Topliss-reactive ketones (excluding diaryl/α,β-unsaturated/α-hetero) is 1. The Kier molecular flexibility index (Phi) is 2.55. The minimum absolute atomic E-state index is 0.0252. The number of thiazole rings is 1. The lowest BCUT2D eigenvalue weighted by molar-refractivity contribution is 0.101. The van der Waals surface area contributed by atoms with E-state index in [1.54, 1.807) is 0 Å². The standard InChI is InChI=1S/C10H10N2O2S/c1-7(13)8-9(14-2)11-10(15-8)12-5-3-4-6-12/h3-6H,1-2H3. The zero-order chi connectivity index (χ0) is 10.8. The molecule has 0 N–H and O–H groups in total. The smallest absolute Gasteiger partial charge is 0.237 e. The highest BCUT2D eigenvalue weighted by Crippen LogP contribution is 2.27. The molecule has 0 amide bonds. The topological polar surface area (TPSA) is 44.1 Å². The second kappa shape index (κ2) is 3.86. The third-order valence-electron chi connectivity index (χ3n) is 1.92. The Morgan fingerprint density at radius 2 is 2.13 bits per heavy atom. The highest BCUT2D eigenvalue weighted by Gasteiger charge is 2.15. The Morgan fingerprint density at radius 3 is 2.60 bits per heavy atom. The highest BCUT2D eigenvalue weighted by atomic mass is 32.1. The molecule has 0 saturated carbocycles. The molecule has 2 heterocycles. The predicted octanol–water partition coefficient (Wildman–Crippen LogP) is 2.14. The van der Waals surface area contributed by atoms with Crippen molar-refractivity contribution in [2.24, 2.45) is 0 Å². The summed E-state index contributed by atoms with van der Waals surface area (Å²) in [6.45, 7) is 1.51. The van der Waals surface area contributed by atoms with Crippen molar-refractivity contribution in [1.82, 2.24) is 9.55 Å². The summed E-state index contributed by atoms with van der Waals surface area (Å²) in [7, 11) is 1.51. The van der Waals surface area contributed by atoms with Crippen LogP contribution in [-0.2, 0) is 0 Å². The van der Waals surface area contributed by atoms with Crippen molar-refractivity contribution in [2.45, 2.75) is 6.92 Å². The molecule has 0 saturated heterocycles. The van der Waals surface area contributed by atoms with Gasteiger partial charge in [0.15, 0.2) is 10.9 Å². The molecule has 0 bridgehead atoms. The molecule has 2 aromatic heterocycles. The first-order valence-electron chi connectivity index (χ1n) is 4.41. The maximum Gasteiger partial charge on any atom is 0.237 e. The van der Waals surface area contributed by atoms with Crippen molar-refractivity contribution in [3.63, 3.8) is 0 Å². The van der Waals surface area contributed by atoms with Crippen LogP contribution in [0.4, 0.5) is 0 Å². The van der Waals surface area contributed by atoms with Crippen molar-refractivity contribution in [2.75, 3.05) is 7.11 Å². The average molecular weight is 222 g/mol. The number of ketones is 1. The van der Waals surface area contributed by atoms with Gasteiger partial charge in [-0.2, -0.15) is 4.98 Å². The van der Waals surface area contributed by atoms with E-state index in [4.69, 9.17) is 4.74 Å². The van der Waals surface area contributed by atoms with Gasteiger partial charge in [-0.05, 0) is 12.1 Å². The summed E-state index contributed by atoms with van der Waals surface area (Å²) < 4.78 is 6.90. The van der Waals surface area contributed by atoms with Crippen molar-refractivity contribution >= 4 is 17.1 Å². The first kappa shape index (κ1) is 9.92. The maximum atomic E-state index is 11.3. The number of carbonyl (C=O) groups excluding carboxylic acids is 1. The molecule has 0 unspecified atom stereocenters. The molecule has 0 aliphatic carbocycles. The molecular weight excluding hydrogens is 212 g/mol. The van der Waals surface area contributed by atoms with Gasteiger partial charge < -0.3 is 4.74 Å². The van der Waals surface area contributed by atoms with Crippen LogP contribution < -0.4 is 4.74 Å². The Hall–Kier alpha value is -1.62. The molecule has 15 heavy (non-hydrogen) atoms. The van der Waals surface area contributed by atoms with E-state index in [0.29, 0.717) is 10.8 Å². The summed E-state index contributed by atoms with van der Waals surface area (Å²) in [5.74, 6) is 0.374. The molecule has 2 aromatic rings. The maximum absolute atomic E-state index is 11.3. The third kappa shape index (κ3) is 1.78. The van der Waals surface area contributed by atoms with Crippen LogP contribution in [0.1, 0.15) is 16.6 Å². The summed E-state index contributed by atoms with van der Waals surface area (Å²) in [5.41, 5.74) is 0. The van der Waals surface area contributed by atoms with E-state index in [-0.39, 0.29) is 5.78 Å². The van der Waals surface area contributed by atoms with E-state index in [1.165, 1.54) is 25.4 Å². The zero-order valence-electron chi connectivity index (χ0n) is 8.43. The lowest BCUT2D eigenvalue weighted by Crippen LogP contribution is -1.93. The Balaban J connectivity index is 2.48. The van der Waals surface area contributed by atoms with E-state index in [1.807, 2.05) is 29.1 Å². The summed E-state index contributed by atoms with van der Waals surface area (Å²) in [4.78, 5) is 16.1. The summed E-state index contributed by atoms with van der Waals surface area (Å²) in [6, 6.07) is 3.81. The highest BCUT2D eigenvalue weighted by molar-refractivity contribution is 7.16. The van der Waals surface area contributed by atoms with Crippen LogP contribution in [0.15, 0.2) is 24.5 Å². The number of rotatable bonds is 3. The largest absolute Gasteiger partial charge is 0.480 e. The number of carbonyl (C=O) groups is 1. The van der Waals surface area contributed by atoms with Crippen LogP contribution in [0.3, 0.4) is 0 Å². The van der Waals surface area contributed by atoms with Gasteiger partial charge in [-0.1, -0.05) is 11.3 Å². The molecule has 2 rings (SSSR count). The Bertz CT molecular complexity index is 474. The molecule has 4 nitrogen and oxygen atoms in total. The van der Waals surface area contributed by atoms with Gasteiger partial charge in [0.25, 0.3) is 0 Å². The fourth-order valence-electron chi connectivity index (χ4n) is 1.23. The van der Waals surface area contributed by atoms with Crippen molar-refractivity contribution in [3.05, 3.63) is 29.4 Å². The van der Waals surface area contributed by atoms with Gasteiger partial charge in [0.1, 0.15) is 4.88 Å². The van der Waals surface area contributed by atoms with Crippen LogP contribution in [-0.4, -0.2) is 22.4 Å². The van der Waals surface area contributed by atoms with Crippen LogP contribution in [0.5, 0.6) is 5.88 Å². The fraction of sp³-hybridized carbons (Fsp3) is 0.200. The quantitative estimate of drug-likeness (QED) is 0.747. The second-order valence-electron chi connectivity index (χ2n) is 2.98. The fourth-order valence-corrected chi connectivity index (χ4v) is 2.13. The van der Waals surface area contributed by atoms with E-state index >= 15 is 0 Å². The van der Waals surface area contributed by atoms with Crippen molar-refractivity contribution < 1.29 is 9.53 Å². The van der Waals surface area contributed by atoms with E-state index in [0.717, 1.165) is 5.13 Å². The number of ether oxygens (including phenoxy) is 1. The molecule has 5 heteroatoms. The van der Waals surface area contributed by atoms with Gasteiger partial charge in [-0.3, -0.25) is 9.36 Å². The number of hydrogen-bond donors (Lipinski definition) is 0. The van der Waals surface area contributed by atoms with Gasteiger partial charge in [0, 0.05) is 19.3 Å². The van der Waals surface area contributed by atoms with Crippen LogP contribution in [0, 0.1) is 0 Å². The van der Waals surface area contributed by atoms with Gasteiger partial charge in [0.05, 0.1) is 7.11 Å². The van der Waals surface area contributed by atoms with Crippen LogP contribution >= 0.6 is 11.3 Å². The molecule has 0 spiro atoms. The molecule has 0 radical (unpaired) electrons. The molecule has 0 fully saturated rings. The lowest BCUT2D eigenvalue weighted by Gasteiger charge is -1.94. The van der Waals surface area contributed by atoms with E-state index < -0.39 is 0 Å². The van der Waals surface area contributed by atoms with Gasteiger partial charge in [-0.25, -0.2) is 0 Å². The van der Waals surface area contributed by atoms with E-state index in [9.17, 15) is 4.79 Å². The summed E-state index contributed by atoms with van der Waals surface area (Å²) in [5, 5.41) is 0.738. The third-order valence-corrected chi connectivity index (χ3v) is 3.07. The average Bonchev–Trinajstić information content (AvgIpc) is 2.86. The van der Waals surface area contributed by atoms with Crippen LogP contribution in [0.2, 0.25) is 0 Å². The number of methoxy groups -OCH3 is 1. The number of hydrogen-bond acceptors (Lipinski definition) is 4. The number of nitrogens with zero attached hydrogens (tertiary/aromatic N) is 2. The van der Waals surface area contributed by atoms with Gasteiger partial charge in [-0.15, -0.1) is 0 Å². The SMILES string of the molecule is COc1nc(-n2cccc2)sc1C(C)=O. The molecule has 0 atom stereocenters. The predicted molar refractivity (Wildman–Crippen MR) is 58.0 cm³/mol. The molecular formula is C10H10N2O2S. The normalized spacial score (nSPS) is 10.3. The minimum atomic E-state index is -0.0252.